The highest BCUT2D eigenvalue weighted by atomic mass is 14.2. The molecule has 10 aromatic rings. The Hall–Kier alpha value is -6.76. The molecule has 0 spiro atoms. The topological polar surface area (TPSA) is 0 Å². The standard InChI is InChI=1S/C52H34/c1-2-12-35(13-3-1)36-26-30-41(31-27-36)51-47-20-8-9-21-48(47)52(46-23-11-17-39-15-5-7-19-45(39)46)50-34-42(32-33-49(50)51)37-24-28-40(29-25-37)44-22-10-16-38-14-4-6-18-43(38)44/h1-34H. The smallest absolute Gasteiger partial charge is 0.00199 e. The summed E-state index contributed by atoms with van der Waals surface area (Å²) < 4.78 is 0. The van der Waals surface area contributed by atoms with Crippen LogP contribution in [0, 0.1) is 0 Å². The number of benzene rings is 10. The van der Waals surface area contributed by atoms with Gasteiger partial charge in [-0.15, -0.1) is 0 Å². The molecule has 0 radical (unpaired) electrons. The summed E-state index contributed by atoms with van der Waals surface area (Å²) in [5.41, 5.74) is 12.4. The molecule has 0 aliphatic rings. The minimum atomic E-state index is 1.21. The van der Waals surface area contributed by atoms with Crippen molar-refractivity contribution in [3.8, 4) is 55.6 Å². The first-order valence-electron chi connectivity index (χ1n) is 18.0. The number of rotatable bonds is 5. The van der Waals surface area contributed by atoms with Gasteiger partial charge in [-0.25, -0.2) is 0 Å². The molecule has 0 aromatic heterocycles. The van der Waals surface area contributed by atoms with Crippen LogP contribution >= 0.6 is 0 Å². The van der Waals surface area contributed by atoms with Crippen LogP contribution in [0.25, 0.3) is 98.7 Å². The molecule has 242 valence electrons. The molecule has 0 amide bonds. The second kappa shape index (κ2) is 12.5. The molecule has 52 heavy (non-hydrogen) atoms. The van der Waals surface area contributed by atoms with Crippen molar-refractivity contribution in [3.63, 3.8) is 0 Å². The van der Waals surface area contributed by atoms with E-state index in [1.807, 2.05) is 0 Å². The lowest BCUT2D eigenvalue weighted by Crippen LogP contribution is -1.92. The first kappa shape index (κ1) is 30.1. The van der Waals surface area contributed by atoms with E-state index >= 15 is 0 Å². The minimum absolute atomic E-state index is 1.21. The summed E-state index contributed by atoms with van der Waals surface area (Å²) in [5.74, 6) is 0. The molecule has 0 heterocycles. The number of hydrogen-bond donors (Lipinski definition) is 0. The summed E-state index contributed by atoms with van der Waals surface area (Å²) >= 11 is 0. The fourth-order valence-corrected chi connectivity index (χ4v) is 8.18. The summed E-state index contributed by atoms with van der Waals surface area (Å²) in [6.07, 6.45) is 0. The van der Waals surface area contributed by atoms with Crippen LogP contribution in [0.4, 0.5) is 0 Å². The molecule has 10 rings (SSSR count). The van der Waals surface area contributed by atoms with Crippen LogP contribution in [0.15, 0.2) is 206 Å². The lowest BCUT2D eigenvalue weighted by atomic mass is 9.83. The van der Waals surface area contributed by atoms with Gasteiger partial charge in [-0.1, -0.05) is 200 Å². The molecule has 0 saturated heterocycles. The Morgan fingerprint density at radius 3 is 1.29 bits per heavy atom. The molecular weight excluding hydrogens is 625 g/mol. The molecule has 0 atom stereocenters. The molecule has 0 nitrogen and oxygen atoms in total. The summed E-state index contributed by atoms with van der Waals surface area (Å²) in [6.45, 7) is 0. The zero-order valence-corrected chi connectivity index (χ0v) is 28.6. The van der Waals surface area contributed by atoms with E-state index in [0.29, 0.717) is 0 Å². The van der Waals surface area contributed by atoms with E-state index in [4.69, 9.17) is 0 Å². The quantitative estimate of drug-likeness (QED) is 0.161. The van der Waals surface area contributed by atoms with Gasteiger partial charge in [0.25, 0.3) is 0 Å². The van der Waals surface area contributed by atoms with E-state index in [0.717, 1.165) is 0 Å². The van der Waals surface area contributed by atoms with Gasteiger partial charge in [0.15, 0.2) is 0 Å². The van der Waals surface area contributed by atoms with Crippen LogP contribution in [-0.4, -0.2) is 0 Å². The summed E-state index contributed by atoms with van der Waals surface area (Å²) in [4.78, 5) is 0. The maximum Gasteiger partial charge on any atom is -0.00199 e. The monoisotopic (exact) mass is 658 g/mol. The minimum Gasteiger partial charge on any atom is -0.0622 e. The van der Waals surface area contributed by atoms with E-state index in [1.165, 1.54) is 98.7 Å². The van der Waals surface area contributed by atoms with Gasteiger partial charge in [0, 0.05) is 0 Å². The Morgan fingerprint density at radius 2 is 0.615 bits per heavy atom. The molecule has 0 unspecified atom stereocenters. The predicted octanol–water partition coefficient (Wildman–Crippen LogP) is 14.6. The van der Waals surface area contributed by atoms with Crippen LogP contribution in [0.1, 0.15) is 0 Å². The molecule has 0 aliphatic heterocycles. The molecule has 0 saturated carbocycles. The molecule has 0 N–H and O–H groups in total. The highest BCUT2D eigenvalue weighted by Gasteiger charge is 2.19. The van der Waals surface area contributed by atoms with Crippen molar-refractivity contribution in [2.24, 2.45) is 0 Å². The Balaban J connectivity index is 1.20. The normalized spacial score (nSPS) is 11.5. The Labute approximate surface area is 303 Å². The second-order valence-corrected chi connectivity index (χ2v) is 13.6. The van der Waals surface area contributed by atoms with Crippen molar-refractivity contribution < 1.29 is 0 Å². The van der Waals surface area contributed by atoms with Gasteiger partial charge < -0.3 is 0 Å². The maximum absolute atomic E-state index is 2.42. The summed E-state index contributed by atoms with van der Waals surface area (Å²) in [6, 6.07) is 75.5. The molecule has 10 aromatic carbocycles. The third-order valence-electron chi connectivity index (χ3n) is 10.7. The van der Waals surface area contributed by atoms with Gasteiger partial charge in [-0.3, -0.25) is 0 Å². The third-order valence-corrected chi connectivity index (χ3v) is 10.7. The molecule has 0 heteroatoms. The Morgan fingerprint density at radius 1 is 0.192 bits per heavy atom. The van der Waals surface area contributed by atoms with Crippen LogP contribution < -0.4 is 0 Å². The van der Waals surface area contributed by atoms with Crippen LogP contribution in [0.3, 0.4) is 0 Å². The zero-order valence-electron chi connectivity index (χ0n) is 28.6. The average Bonchev–Trinajstić information content (AvgIpc) is 3.23. The van der Waals surface area contributed by atoms with Crippen molar-refractivity contribution in [1.29, 1.82) is 0 Å². The van der Waals surface area contributed by atoms with Crippen LogP contribution in [0.5, 0.6) is 0 Å². The number of fused-ring (bicyclic) bond motifs is 4. The second-order valence-electron chi connectivity index (χ2n) is 13.6. The number of hydrogen-bond acceptors (Lipinski definition) is 0. The first-order chi connectivity index (χ1) is 25.8. The molecule has 0 bridgehead atoms. The van der Waals surface area contributed by atoms with E-state index in [2.05, 4.69) is 206 Å². The van der Waals surface area contributed by atoms with Gasteiger partial charge >= 0.3 is 0 Å². The van der Waals surface area contributed by atoms with Crippen molar-refractivity contribution in [2.75, 3.05) is 0 Å². The molecule has 0 fully saturated rings. The van der Waals surface area contributed by atoms with Crippen molar-refractivity contribution in [1.82, 2.24) is 0 Å². The predicted molar refractivity (Wildman–Crippen MR) is 224 cm³/mol. The Kier molecular flexibility index (Phi) is 7.25. The van der Waals surface area contributed by atoms with Gasteiger partial charge in [-0.05, 0) is 105 Å². The lowest BCUT2D eigenvalue weighted by molar-refractivity contribution is 1.60. The van der Waals surface area contributed by atoms with Crippen LogP contribution in [0.2, 0.25) is 0 Å². The van der Waals surface area contributed by atoms with Gasteiger partial charge in [-0.2, -0.15) is 0 Å². The van der Waals surface area contributed by atoms with Gasteiger partial charge in [0.05, 0.1) is 0 Å². The summed E-state index contributed by atoms with van der Waals surface area (Å²) in [7, 11) is 0. The maximum atomic E-state index is 2.42. The van der Waals surface area contributed by atoms with E-state index < -0.39 is 0 Å². The highest BCUT2D eigenvalue weighted by Crippen LogP contribution is 2.46. The lowest BCUT2D eigenvalue weighted by Gasteiger charge is -2.20. The van der Waals surface area contributed by atoms with E-state index in [9.17, 15) is 0 Å². The zero-order chi connectivity index (χ0) is 34.4. The largest absolute Gasteiger partial charge is 0.0622 e. The molecular formula is C52H34. The van der Waals surface area contributed by atoms with E-state index in [1.54, 1.807) is 0 Å². The fraction of sp³-hybridized carbons (Fsp3) is 0. The summed E-state index contributed by atoms with van der Waals surface area (Å²) in [5, 5.41) is 10.1. The van der Waals surface area contributed by atoms with Crippen molar-refractivity contribution in [2.45, 2.75) is 0 Å². The van der Waals surface area contributed by atoms with Crippen LogP contribution in [-0.2, 0) is 0 Å². The average molecular weight is 659 g/mol. The first-order valence-corrected chi connectivity index (χ1v) is 18.0. The van der Waals surface area contributed by atoms with Gasteiger partial charge in [0.2, 0.25) is 0 Å². The SMILES string of the molecule is c1ccc(-c2ccc(-c3c4ccccc4c(-c4cccc5ccccc45)c4cc(-c5ccc(-c6cccc7ccccc67)cc5)ccc34)cc2)cc1. The van der Waals surface area contributed by atoms with Crippen molar-refractivity contribution >= 4 is 43.1 Å². The highest BCUT2D eigenvalue weighted by molar-refractivity contribution is 6.24. The Bertz CT molecular complexity index is 2900. The van der Waals surface area contributed by atoms with E-state index in [-0.39, 0.29) is 0 Å². The van der Waals surface area contributed by atoms with Gasteiger partial charge in [0.1, 0.15) is 0 Å². The third kappa shape index (κ3) is 5.08. The fourth-order valence-electron chi connectivity index (χ4n) is 8.18. The molecule has 0 aliphatic carbocycles. The van der Waals surface area contributed by atoms with Crippen molar-refractivity contribution in [3.05, 3.63) is 206 Å².